The molecule has 0 unspecified atom stereocenters. The minimum atomic E-state index is -4.51. The van der Waals surface area contributed by atoms with Gasteiger partial charge in [0.15, 0.2) is 0 Å². The molecule has 2 amide bonds. The van der Waals surface area contributed by atoms with Crippen molar-refractivity contribution >= 4 is 17.4 Å². The fraction of sp³-hybridized carbons (Fsp3) is 0.367. The number of para-hydroxylation sites is 2. The molecule has 200 valence electrons. The van der Waals surface area contributed by atoms with E-state index < -0.39 is 11.7 Å². The summed E-state index contributed by atoms with van der Waals surface area (Å²) < 4.78 is 46.9. The van der Waals surface area contributed by atoms with Gasteiger partial charge >= 0.3 is 12.2 Å². The van der Waals surface area contributed by atoms with Gasteiger partial charge in [-0.15, -0.1) is 0 Å². The molecule has 2 aliphatic rings. The molecule has 3 aromatic carbocycles. The zero-order valence-electron chi connectivity index (χ0n) is 21.9. The Morgan fingerprint density at radius 2 is 1.55 bits per heavy atom. The lowest BCUT2D eigenvalue weighted by Crippen LogP contribution is -2.54. The van der Waals surface area contributed by atoms with Crippen LogP contribution in [0.4, 0.5) is 29.3 Å². The minimum absolute atomic E-state index is 0.0113. The quantitative estimate of drug-likeness (QED) is 0.363. The number of carbonyl (C=O) groups excluding carboxylic acids is 1. The summed E-state index contributed by atoms with van der Waals surface area (Å²) in [6.45, 7) is 6.05. The van der Waals surface area contributed by atoms with Gasteiger partial charge in [-0.2, -0.15) is 13.2 Å². The van der Waals surface area contributed by atoms with E-state index in [4.69, 9.17) is 4.74 Å². The van der Waals surface area contributed by atoms with Crippen LogP contribution in [0.1, 0.15) is 40.7 Å². The second kappa shape index (κ2) is 10.2. The van der Waals surface area contributed by atoms with E-state index in [1.165, 1.54) is 41.0 Å². The van der Waals surface area contributed by atoms with Gasteiger partial charge in [0.05, 0.1) is 24.9 Å². The molecule has 8 heteroatoms. The number of halogens is 3. The highest BCUT2D eigenvalue weighted by atomic mass is 19.4. The second-order valence-corrected chi connectivity index (χ2v) is 10.1. The third kappa shape index (κ3) is 4.79. The zero-order valence-corrected chi connectivity index (χ0v) is 21.9. The second-order valence-electron chi connectivity index (χ2n) is 10.1. The molecule has 5 rings (SSSR count). The van der Waals surface area contributed by atoms with E-state index in [0.29, 0.717) is 18.0 Å². The number of alkyl halides is 3. The highest BCUT2D eigenvalue weighted by Gasteiger charge is 2.40. The molecular weight excluding hydrogens is 491 g/mol. The number of hydrogen-bond acceptors (Lipinski definition) is 3. The smallest absolute Gasteiger partial charge is 0.416 e. The molecule has 0 spiro atoms. The maximum absolute atomic E-state index is 14.0. The van der Waals surface area contributed by atoms with Crippen LogP contribution in [0.2, 0.25) is 0 Å². The fourth-order valence-corrected chi connectivity index (χ4v) is 5.91. The van der Waals surface area contributed by atoms with Crippen molar-refractivity contribution in [2.24, 2.45) is 0 Å². The van der Waals surface area contributed by atoms with Crippen LogP contribution in [0.25, 0.3) is 0 Å². The van der Waals surface area contributed by atoms with Crippen LogP contribution >= 0.6 is 0 Å². The first kappa shape index (κ1) is 25.9. The summed E-state index contributed by atoms with van der Waals surface area (Å²) in [4.78, 5) is 19.7. The molecule has 0 radical (unpaired) electrons. The van der Waals surface area contributed by atoms with Crippen LogP contribution < -0.4 is 14.5 Å². The van der Waals surface area contributed by atoms with Crippen LogP contribution in [0.15, 0.2) is 60.7 Å². The van der Waals surface area contributed by atoms with Gasteiger partial charge < -0.3 is 14.5 Å². The number of rotatable bonds is 5. The number of hydrogen-bond donors (Lipinski definition) is 0. The molecule has 0 saturated carbocycles. The molecule has 2 heterocycles. The van der Waals surface area contributed by atoms with Gasteiger partial charge in [-0.25, -0.2) is 4.79 Å². The van der Waals surface area contributed by atoms with Crippen LogP contribution in [0, 0.1) is 13.8 Å². The Morgan fingerprint density at radius 1 is 0.895 bits per heavy atom. The lowest BCUT2D eigenvalue weighted by molar-refractivity contribution is -0.138. The van der Waals surface area contributed by atoms with Crippen molar-refractivity contribution in [2.75, 3.05) is 30.0 Å². The molecular formula is C30H32F3N3O2. The summed E-state index contributed by atoms with van der Waals surface area (Å²) in [5.74, 6) is 0.477. The molecule has 0 aliphatic carbocycles. The molecule has 38 heavy (non-hydrogen) atoms. The number of fused-ring (bicyclic) bond motifs is 1. The number of ether oxygens (including phenoxy) is 1. The van der Waals surface area contributed by atoms with Crippen molar-refractivity contribution in [3.63, 3.8) is 0 Å². The predicted octanol–water partition coefficient (Wildman–Crippen LogP) is 6.94. The lowest BCUT2D eigenvalue weighted by Gasteiger charge is -2.45. The Balaban J connectivity index is 1.44. The summed E-state index contributed by atoms with van der Waals surface area (Å²) in [7, 11) is 1.51. The third-order valence-electron chi connectivity index (χ3n) is 7.70. The number of methoxy groups -OCH3 is 1. The van der Waals surface area contributed by atoms with Gasteiger partial charge in [0.25, 0.3) is 0 Å². The molecule has 0 N–H and O–H groups in total. The monoisotopic (exact) mass is 523 g/mol. The van der Waals surface area contributed by atoms with E-state index in [1.54, 1.807) is 12.1 Å². The first-order valence-corrected chi connectivity index (χ1v) is 12.9. The summed E-state index contributed by atoms with van der Waals surface area (Å²) >= 11 is 0. The van der Waals surface area contributed by atoms with Crippen molar-refractivity contribution in [3.05, 3.63) is 88.5 Å². The van der Waals surface area contributed by atoms with Crippen molar-refractivity contribution in [1.82, 2.24) is 4.90 Å². The third-order valence-corrected chi connectivity index (χ3v) is 7.70. The van der Waals surface area contributed by atoms with Crippen LogP contribution in [0.5, 0.6) is 5.75 Å². The lowest BCUT2D eigenvalue weighted by atomic mass is 9.97. The average molecular weight is 524 g/mol. The van der Waals surface area contributed by atoms with E-state index in [-0.39, 0.29) is 24.2 Å². The van der Waals surface area contributed by atoms with Crippen molar-refractivity contribution in [1.29, 1.82) is 0 Å². The van der Waals surface area contributed by atoms with Gasteiger partial charge in [-0.1, -0.05) is 48.5 Å². The Morgan fingerprint density at radius 3 is 2.21 bits per heavy atom. The van der Waals surface area contributed by atoms with Gasteiger partial charge in [-0.3, -0.25) is 4.90 Å². The van der Waals surface area contributed by atoms with E-state index in [2.05, 4.69) is 36.9 Å². The molecule has 5 nitrogen and oxygen atoms in total. The van der Waals surface area contributed by atoms with E-state index in [9.17, 15) is 18.0 Å². The Hall–Kier alpha value is -3.68. The average Bonchev–Trinajstić information content (AvgIpc) is 2.90. The first-order chi connectivity index (χ1) is 18.2. The highest BCUT2D eigenvalue weighted by molar-refractivity contribution is 5.97. The number of piperidine rings is 1. The van der Waals surface area contributed by atoms with E-state index >= 15 is 0 Å². The number of nitrogens with zero attached hydrogens (tertiary/aromatic N) is 3. The van der Waals surface area contributed by atoms with Crippen molar-refractivity contribution in [2.45, 2.75) is 52.0 Å². The maximum atomic E-state index is 14.0. The summed E-state index contributed by atoms with van der Waals surface area (Å²) in [6.07, 6.45) is -2.95. The molecule has 0 atom stereocenters. The van der Waals surface area contributed by atoms with E-state index in [0.717, 1.165) is 37.6 Å². The highest BCUT2D eigenvalue weighted by Crippen LogP contribution is 2.41. The molecule has 0 aromatic heterocycles. The molecule has 1 saturated heterocycles. The number of aryl methyl sites for hydroxylation is 2. The maximum Gasteiger partial charge on any atom is 0.416 e. The minimum Gasteiger partial charge on any atom is -0.495 e. The van der Waals surface area contributed by atoms with Gasteiger partial charge in [-0.05, 0) is 61.1 Å². The predicted molar refractivity (Wildman–Crippen MR) is 143 cm³/mol. The fourth-order valence-electron chi connectivity index (χ4n) is 5.91. The van der Waals surface area contributed by atoms with Gasteiger partial charge in [0, 0.05) is 31.4 Å². The normalized spacial score (nSPS) is 16.6. The Bertz CT molecular complexity index is 1310. The van der Waals surface area contributed by atoms with Crippen LogP contribution in [-0.4, -0.2) is 37.2 Å². The Kier molecular flexibility index (Phi) is 6.99. The standard InChI is InChI=1S/C30H32F3N3O2/c1-20-8-6-9-21(2)27(20)34-16-14-24(15-17-34)35-19-23-11-7-13-26(38-3)28(23)36(29(35)37)18-22-10-4-5-12-25(22)30(31,32)33/h4-13,24H,14-19H2,1-3H3. The van der Waals surface area contributed by atoms with Crippen LogP contribution in [-0.2, 0) is 19.3 Å². The molecule has 0 bridgehead atoms. The number of carbonyl (C=O) groups is 1. The first-order valence-electron chi connectivity index (χ1n) is 12.9. The number of urea groups is 1. The molecule has 3 aromatic rings. The van der Waals surface area contributed by atoms with E-state index in [1.807, 2.05) is 17.0 Å². The summed E-state index contributed by atoms with van der Waals surface area (Å²) in [6, 6.07) is 17.0. The molecule has 2 aliphatic heterocycles. The van der Waals surface area contributed by atoms with Gasteiger partial charge in [0.1, 0.15) is 5.75 Å². The SMILES string of the molecule is COc1cccc2c1N(Cc1ccccc1C(F)(F)F)C(=O)N(C1CCN(c3c(C)cccc3C)CC1)C2. The molecule has 1 fully saturated rings. The number of amides is 2. The van der Waals surface area contributed by atoms with Crippen molar-refractivity contribution in [3.8, 4) is 5.75 Å². The van der Waals surface area contributed by atoms with Crippen molar-refractivity contribution < 1.29 is 22.7 Å². The summed E-state index contributed by atoms with van der Waals surface area (Å²) in [5, 5.41) is 0. The Labute approximate surface area is 221 Å². The topological polar surface area (TPSA) is 36.0 Å². The zero-order chi connectivity index (χ0) is 27.0. The van der Waals surface area contributed by atoms with Crippen LogP contribution in [0.3, 0.4) is 0 Å². The summed E-state index contributed by atoms with van der Waals surface area (Å²) in [5.41, 5.74) is 4.43. The largest absolute Gasteiger partial charge is 0.495 e. The van der Waals surface area contributed by atoms with Gasteiger partial charge in [0.2, 0.25) is 0 Å². The number of anilines is 2. The number of benzene rings is 3.